The van der Waals surface area contributed by atoms with E-state index >= 15 is 0 Å². The van der Waals surface area contributed by atoms with Crippen molar-refractivity contribution in [1.82, 2.24) is 0 Å². The second kappa shape index (κ2) is 7.71. The number of phenolic OH excluding ortho intramolecular Hbond substituents is 3. The summed E-state index contributed by atoms with van der Waals surface area (Å²) < 4.78 is 0. The van der Waals surface area contributed by atoms with Crippen LogP contribution in [0.4, 0.5) is 0 Å². The summed E-state index contributed by atoms with van der Waals surface area (Å²) in [5.74, 6) is 0.318. The first kappa shape index (κ1) is 19.4. The van der Waals surface area contributed by atoms with Crippen molar-refractivity contribution >= 4 is 23.2 Å². The molecule has 0 aliphatic heterocycles. The van der Waals surface area contributed by atoms with Crippen molar-refractivity contribution in [1.29, 1.82) is 0 Å². The summed E-state index contributed by atoms with van der Waals surface area (Å²) >= 11 is 12.0. The van der Waals surface area contributed by atoms with Gasteiger partial charge in [-0.05, 0) is 65.9 Å². The molecule has 27 heavy (non-hydrogen) atoms. The van der Waals surface area contributed by atoms with Crippen molar-refractivity contribution in [3.05, 3.63) is 85.9 Å². The fourth-order valence-electron chi connectivity index (χ4n) is 3.19. The number of hydrogen-bond donors (Lipinski definition) is 3. The van der Waals surface area contributed by atoms with E-state index in [1.807, 2.05) is 26.0 Å². The normalized spacial score (nSPS) is 11.0. The monoisotopic (exact) mass is 402 g/mol. The van der Waals surface area contributed by atoms with E-state index in [9.17, 15) is 15.3 Å². The fraction of sp³-hybridized carbons (Fsp3) is 0.182. The maximum absolute atomic E-state index is 10.8. The van der Waals surface area contributed by atoms with Gasteiger partial charge in [-0.2, -0.15) is 0 Å². The van der Waals surface area contributed by atoms with Gasteiger partial charge in [0.25, 0.3) is 0 Å². The number of aryl methyl sites for hydroxylation is 2. The highest BCUT2D eigenvalue weighted by molar-refractivity contribution is 6.32. The number of halogens is 2. The lowest BCUT2D eigenvalue weighted by Gasteiger charge is -2.14. The van der Waals surface area contributed by atoms with Gasteiger partial charge >= 0.3 is 0 Å². The second-order valence-electron chi connectivity index (χ2n) is 6.80. The second-order valence-corrected chi connectivity index (χ2v) is 7.62. The van der Waals surface area contributed by atoms with Crippen LogP contribution in [0.15, 0.2) is 42.5 Å². The molecular formula is C22H20Cl2O3. The molecule has 0 radical (unpaired) electrons. The highest BCUT2D eigenvalue weighted by Crippen LogP contribution is 2.33. The molecule has 3 aromatic carbocycles. The topological polar surface area (TPSA) is 60.7 Å². The molecule has 0 saturated carbocycles. The van der Waals surface area contributed by atoms with E-state index in [2.05, 4.69) is 0 Å². The van der Waals surface area contributed by atoms with Gasteiger partial charge in [0.05, 0.1) is 10.0 Å². The molecule has 3 N–H and O–H groups in total. The number of benzene rings is 3. The van der Waals surface area contributed by atoms with Gasteiger partial charge in [-0.15, -0.1) is 0 Å². The van der Waals surface area contributed by atoms with Crippen LogP contribution in [-0.2, 0) is 12.8 Å². The van der Waals surface area contributed by atoms with Crippen LogP contribution in [0.3, 0.4) is 0 Å². The zero-order chi connectivity index (χ0) is 19.7. The van der Waals surface area contributed by atoms with Gasteiger partial charge in [0, 0.05) is 12.8 Å². The molecule has 0 bridgehead atoms. The third-order valence-electron chi connectivity index (χ3n) is 4.61. The number of phenols is 3. The van der Waals surface area contributed by atoms with Crippen LogP contribution in [0.5, 0.6) is 17.2 Å². The standard InChI is InChI=1S/C22H20Cl2O3/c1-12-5-16(8-14-3-4-20(25)18(23)9-14)22(27)17(6-12)10-15-11-19(24)21(26)7-13(15)2/h3-7,9,11,25-27H,8,10H2,1-2H3. The maximum atomic E-state index is 10.8. The molecule has 0 saturated heterocycles. The molecule has 140 valence electrons. The summed E-state index contributed by atoms with van der Waals surface area (Å²) in [5, 5.41) is 30.7. The third-order valence-corrected chi connectivity index (χ3v) is 5.21. The summed E-state index contributed by atoms with van der Waals surface area (Å²) in [7, 11) is 0. The smallest absolute Gasteiger partial charge is 0.134 e. The number of rotatable bonds is 4. The van der Waals surface area contributed by atoms with Crippen LogP contribution >= 0.6 is 23.2 Å². The van der Waals surface area contributed by atoms with E-state index in [4.69, 9.17) is 23.2 Å². The number of hydrogen-bond acceptors (Lipinski definition) is 3. The van der Waals surface area contributed by atoms with E-state index in [1.54, 1.807) is 30.3 Å². The first-order chi connectivity index (χ1) is 12.7. The zero-order valence-corrected chi connectivity index (χ0v) is 16.6. The molecule has 0 fully saturated rings. The van der Waals surface area contributed by atoms with Crippen LogP contribution in [-0.4, -0.2) is 15.3 Å². The lowest BCUT2D eigenvalue weighted by atomic mass is 9.94. The zero-order valence-electron chi connectivity index (χ0n) is 15.1. The van der Waals surface area contributed by atoms with Crippen molar-refractivity contribution in [2.45, 2.75) is 26.7 Å². The van der Waals surface area contributed by atoms with E-state index < -0.39 is 0 Å². The molecule has 0 spiro atoms. The molecule has 3 aromatic rings. The Morgan fingerprint density at radius 1 is 0.704 bits per heavy atom. The Morgan fingerprint density at radius 2 is 1.33 bits per heavy atom. The van der Waals surface area contributed by atoms with Crippen molar-refractivity contribution in [2.24, 2.45) is 0 Å². The summed E-state index contributed by atoms with van der Waals surface area (Å²) in [6.07, 6.45) is 0.999. The van der Waals surface area contributed by atoms with Crippen LogP contribution in [0.2, 0.25) is 10.0 Å². The maximum Gasteiger partial charge on any atom is 0.134 e. The van der Waals surface area contributed by atoms with Crippen molar-refractivity contribution in [3.8, 4) is 17.2 Å². The van der Waals surface area contributed by atoms with E-state index in [0.29, 0.717) is 17.9 Å². The molecule has 3 rings (SSSR count). The fourth-order valence-corrected chi connectivity index (χ4v) is 3.58. The van der Waals surface area contributed by atoms with Gasteiger partial charge in [0.15, 0.2) is 0 Å². The largest absolute Gasteiger partial charge is 0.507 e. The van der Waals surface area contributed by atoms with E-state index in [1.165, 1.54) is 0 Å². The molecule has 0 amide bonds. The summed E-state index contributed by atoms with van der Waals surface area (Å²) in [5.41, 5.74) is 5.36. The Morgan fingerprint density at radius 3 is 2.00 bits per heavy atom. The lowest BCUT2D eigenvalue weighted by molar-refractivity contribution is 0.463. The molecule has 0 heterocycles. The molecule has 0 aliphatic rings. The van der Waals surface area contributed by atoms with Crippen LogP contribution in [0, 0.1) is 13.8 Å². The minimum absolute atomic E-state index is 0.0363. The number of aromatic hydroxyl groups is 3. The summed E-state index contributed by atoms with van der Waals surface area (Å²) in [4.78, 5) is 0. The minimum atomic E-state index is 0.0363. The highest BCUT2D eigenvalue weighted by atomic mass is 35.5. The Balaban J connectivity index is 1.96. The average molecular weight is 403 g/mol. The molecule has 0 aliphatic carbocycles. The van der Waals surface area contributed by atoms with Crippen molar-refractivity contribution in [2.75, 3.05) is 0 Å². The molecule has 0 atom stereocenters. The molecule has 3 nitrogen and oxygen atoms in total. The van der Waals surface area contributed by atoms with Gasteiger partial charge < -0.3 is 15.3 Å². The van der Waals surface area contributed by atoms with Gasteiger partial charge in [-0.25, -0.2) is 0 Å². The first-order valence-electron chi connectivity index (χ1n) is 8.51. The Hall–Kier alpha value is -2.36. The molecular weight excluding hydrogens is 383 g/mol. The Kier molecular flexibility index (Phi) is 5.54. The Labute approximate surface area is 168 Å². The van der Waals surface area contributed by atoms with Gasteiger partial charge in [0.2, 0.25) is 0 Å². The predicted molar refractivity (Wildman–Crippen MR) is 109 cm³/mol. The van der Waals surface area contributed by atoms with Gasteiger partial charge in [-0.1, -0.05) is 47.0 Å². The molecule has 0 unspecified atom stereocenters. The van der Waals surface area contributed by atoms with Crippen LogP contribution < -0.4 is 0 Å². The quantitative estimate of drug-likeness (QED) is 0.508. The van der Waals surface area contributed by atoms with Gasteiger partial charge in [-0.3, -0.25) is 0 Å². The van der Waals surface area contributed by atoms with Crippen LogP contribution in [0.1, 0.15) is 33.4 Å². The Bertz CT molecular complexity index is 1010. The first-order valence-corrected chi connectivity index (χ1v) is 9.27. The summed E-state index contributed by atoms with van der Waals surface area (Å²) in [6, 6.07) is 12.3. The minimum Gasteiger partial charge on any atom is -0.507 e. The lowest BCUT2D eigenvalue weighted by Crippen LogP contribution is -1.98. The average Bonchev–Trinajstić information content (AvgIpc) is 2.60. The van der Waals surface area contributed by atoms with E-state index in [0.717, 1.165) is 33.4 Å². The summed E-state index contributed by atoms with van der Waals surface area (Å²) in [6.45, 7) is 3.88. The SMILES string of the molecule is Cc1cc(Cc2ccc(O)c(Cl)c2)c(O)c(Cc2cc(Cl)c(O)cc2C)c1. The molecule has 0 aromatic heterocycles. The highest BCUT2D eigenvalue weighted by Gasteiger charge is 2.13. The third kappa shape index (κ3) is 4.32. The van der Waals surface area contributed by atoms with Gasteiger partial charge in [0.1, 0.15) is 17.2 Å². The van der Waals surface area contributed by atoms with Crippen molar-refractivity contribution < 1.29 is 15.3 Å². The predicted octanol–water partition coefficient (Wildman–Crippen LogP) is 5.91. The van der Waals surface area contributed by atoms with E-state index in [-0.39, 0.29) is 22.3 Å². The molecule has 5 heteroatoms. The van der Waals surface area contributed by atoms with Crippen molar-refractivity contribution in [3.63, 3.8) is 0 Å². The van der Waals surface area contributed by atoms with Crippen LogP contribution in [0.25, 0.3) is 0 Å².